The Morgan fingerprint density at radius 2 is 1.86 bits per heavy atom. The Balaban J connectivity index is 2.28. The van der Waals surface area contributed by atoms with Crippen molar-refractivity contribution in [2.75, 3.05) is 17.7 Å². The van der Waals surface area contributed by atoms with Gasteiger partial charge in [0, 0.05) is 18.4 Å². The first-order valence-corrected chi connectivity index (χ1v) is 7.33. The van der Waals surface area contributed by atoms with Crippen molar-refractivity contribution >= 4 is 17.3 Å². The number of carbonyl (C=O) groups is 1. The van der Waals surface area contributed by atoms with Crippen LogP contribution >= 0.6 is 0 Å². The minimum absolute atomic E-state index is 0.0772. The third-order valence-corrected chi connectivity index (χ3v) is 3.47. The van der Waals surface area contributed by atoms with Gasteiger partial charge >= 0.3 is 0 Å². The van der Waals surface area contributed by atoms with Crippen molar-refractivity contribution in [1.29, 1.82) is 0 Å². The molecule has 0 spiro atoms. The molecule has 2 aromatic rings. The van der Waals surface area contributed by atoms with Crippen molar-refractivity contribution in [2.24, 2.45) is 0 Å². The van der Waals surface area contributed by atoms with Crippen LogP contribution in [-0.4, -0.2) is 13.0 Å². The summed E-state index contributed by atoms with van der Waals surface area (Å²) in [5.74, 6) is -0.0772. The molecular weight excluding hydrogens is 260 g/mol. The lowest BCUT2D eigenvalue weighted by atomic mass is 10.1. The van der Waals surface area contributed by atoms with Crippen LogP contribution in [0.4, 0.5) is 11.4 Å². The van der Waals surface area contributed by atoms with Gasteiger partial charge in [-0.25, -0.2) is 0 Å². The van der Waals surface area contributed by atoms with E-state index in [0.717, 1.165) is 29.8 Å². The van der Waals surface area contributed by atoms with E-state index in [1.54, 1.807) is 0 Å². The van der Waals surface area contributed by atoms with Crippen LogP contribution in [0.15, 0.2) is 42.5 Å². The zero-order valence-electron chi connectivity index (χ0n) is 12.9. The van der Waals surface area contributed by atoms with Crippen molar-refractivity contribution in [3.63, 3.8) is 0 Å². The summed E-state index contributed by atoms with van der Waals surface area (Å²) in [6, 6.07) is 13.8. The van der Waals surface area contributed by atoms with Crippen LogP contribution in [0.1, 0.15) is 34.8 Å². The maximum atomic E-state index is 12.6. The second kappa shape index (κ2) is 6.93. The fourth-order valence-corrected chi connectivity index (χ4v) is 2.38. The van der Waals surface area contributed by atoms with E-state index in [1.807, 2.05) is 50.4 Å². The Morgan fingerprint density at radius 1 is 1.10 bits per heavy atom. The molecule has 0 aliphatic heterocycles. The number of nitrogens with one attached hydrogen (secondary N) is 2. The van der Waals surface area contributed by atoms with Gasteiger partial charge in [-0.1, -0.05) is 43.2 Å². The van der Waals surface area contributed by atoms with E-state index in [-0.39, 0.29) is 5.91 Å². The van der Waals surface area contributed by atoms with E-state index < -0.39 is 0 Å². The van der Waals surface area contributed by atoms with Crippen LogP contribution < -0.4 is 10.6 Å². The number of para-hydroxylation sites is 1. The van der Waals surface area contributed by atoms with E-state index in [1.165, 1.54) is 5.56 Å². The number of hydrogen-bond acceptors (Lipinski definition) is 2. The van der Waals surface area contributed by atoms with Gasteiger partial charge in [0.1, 0.15) is 0 Å². The Hall–Kier alpha value is -2.29. The first kappa shape index (κ1) is 15.1. The maximum Gasteiger partial charge on any atom is 0.257 e. The molecule has 2 rings (SSSR count). The summed E-state index contributed by atoms with van der Waals surface area (Å²) in [7, 11) is 1.83. The number of carbonyl (C=O) groups excluding carboxylic acids is 1. The zero-order valence-corrected chi connectivity index (χ0v) is 12.9. The second-order valence-electron chi connectivity index (χ2n) is 5.16. The molecule has 0 saturated heterocycles. The SMILES string of the molecule is CCCc1ccccc1NC(=O)c1cc(C)ccc1NC. The number of amides is 1. The Bertz CT molecular complexity index is 635. The fraction of sp³-hybridized carbons (Fsp3) is 0.278. The smallest absolute Gasteiger partial charge is 0.257 e. The average molecular weight is 282 g/mol. The van der Waals surface area contributed by atoms with Crippen molar-refractivity contribution in [3.8, 4) is 0 Å². The summed E-state index contributed by atoms with van der Waals surface area (Å²) < 4.78 is 0. The average Bonchev–Trinajstić information content (AvgIpc) is 2.49. The van der Waals surface area contributed by atoms with Gasteiger partial charge in [-0.05, 0) is 37.1 Å². The van der Waals surface area contributed by atoms with Crippen molar-refractivity contribution < 1.29 is 4.79 Å². The van der Waals surface area contributed by atoms with Gasteiger partial charge in [0.2, 0.25) is 0 Å². The summed E-state index contributed by atoms with van der Waals surface area (Å²) in [4.78, 5) is 12.6. The normalized spacial score (nSPS) is 10.2. The Kier molecular flexibility index (Phi) is 4.99. The third kappa shape index (κ3) is 3.63. The summed E-state index contributed by atoms with van der Waals surface area (Å²) in [5.41, 5.74) is 4.65. The number of aryl methyl sites for hydroxylation is 2. The molecule has 0 atom stereocenters. The standard InChI is InChI=1S/C18H22N2O/c1-4-7-14-8-5-6-9-16(14)20-18(21)15-12-13(2)10-11-17(15)19-3/h5-6,8-12,19H,4,7H2,1-3H3,(H,20,21). The minimum atomic E-state index is -0.0772. The zero-order chi connectivity index (χ0) is 15.2. The summed E-state index contributed by atoms with van der Waals surface area (Å²) in [5, 5.41) is 6.10. The molecule has 2 aromatic carbocycles. The fourth-order valence-electron chi connectivity index (χ4n) is 2.38. The van der Waals surface area contributed by atoms with Crippen molar-refractivity contribution in [1.82, 2.24) is 0 Å². The number of rotatable bonds is 5. The van der Waals surface area contributed by atoms with Gasteiger partial charge in [-0.3, -0.25) is 4.79 Å². The highest BCUT2D eigenvalue weighted by Crippen LogP contribution is 2.21. The molecule has 0 aromatic heterocycles. The molecule has 0 bridgehead atoms. The molecule has 3 nitrogen and oxygen atoms in total. The summed E-state index contributed by atoms with van der Waals surface area (Å²) >= 11 is 0. The largest absolute Gasteiger partial charge is 0.387 e. The van der Waals surface area contributed by atoms with Crippen LogP contribution in [0.2, 0.25) is 0 Å². The predicted molar refractivity (Wildman–Crippen MR) is 89.1 cm³/mol. The topological polar surface area (TPSA) is 41.1 Å². The monoisotopic (exact) mass is 282 g/mol. The minimum Gasteiger partial charge on any atom is -0.387 e. The van der Waals surface area contributed by atoms with E-state index in [9.17, 15) is 4.79 Å². The van der Waals surface area contributed by atoms with Crippen LogP contribution in [0, 0.1) is 6.92 Å². The summed E-state index contributed by atoms with van der Waals surface area (Å²) in [6.07, 6.45) is 2.02. The molecule has 0 heterocycles. The van der Waals surface area contributed by atoms with Crippen LogP contribution in [0.25, 0.3) is 0 Å². The lowest BCUT2D eigenvalue weighted by molar-refractivity contribution is 0.102. The molecule has 110 valence electrons. The van der Waals surface area contributed by atoms with Gasteiger partial charge < -0.3 is 10.6 Å². The second-order valence-corrected chi connectivity index (χ2v) is 5.16. The molecule has 1 amide bonds. The van der Waals surface area contributed by atoms with E-state index in [4.69, 9.17) is 0 Å². The van der Waals surface area contributed by atoms with Crippen LogP contribution in [-0.2, 0) is 6.42 Å². The molecule has 0 radical (unpaired) electrons. The molecule has 2 N–H and O–H groups in total. The number of hydrogen-bond donors (Lipinski definition) is 2. The molecule has 0 saturated carbocycles. The van der Waals surface area contributed by atoms with Gasteiger partial charge in [-0.2, -0.15) is 0 Å². The first-order chi connectivity index (χ1) is 10.2. The van der Waals surface area contributed by atoms with Crippen molar-refractivity contribution in [2.45, 2.75) is 26.7 Å². The number of anilines is 2. The highest BCUT2D eigenvalue weighted by molar-refractivity contribution is 6.08. The Labute approximate surface area is 126 Å². The first-order valence-electron chi connectivity index (χ1n) is 7.33. The molecule has 0 aliphatic rings. The van der Waals surface area contributed by atoms with E-state index in [2.05, 4.69) is 23.6 Å². The van der Waals surface area contributed by atoms with Gasteiger partial charge in [0.15, 0.2) is 0 Å². The van der Waals surface area contributed by atoms with Gasteiger partial charge in [0.05, 0.1) is 5.56 Å². The lowest BCUT2D eigenvalue weighted by Crippen LogP contribution is -2.15. The molecule has 21 heavy (non-hydrogen) atoms. The molecular formula is C18H22N2O. The molecule has 0 fully saturated rings. The molecule has 0 aliphatic carbocycles. The summed E-state index contributed by atoms with van der Waals surface area (Å²) in [6.45, 7) is 4.12. The van der Waals surface area contributed by atoms with Gasteiger partial charge in [-0.15, -0.1) is 0 Å². The molecule has 3 heteroatoms. The lowest BCUT2D eigenvalue weighted by Gasteiger charge is -2.13. The predicted octanol–water partition coefficient (Wildman–Crippen LogP) is 4.24. The van der Waals surface area contributed by atoms with Crippen LogP contribution in [0.3, 0.4) is 0 Å². The highest BCUT2D eigenvalue weighted by Gasteiger charge is 2.12. The third-order valence-electron chi connectivity index (χ3n) is 3.47. The van der Waals surface area contributed by atoms with Crippen LogP contribution in [0.5, 0.6) is 0 Å². The quantitative estimate of drug-likeness (QED) is 0.861. The van der Waals surface area contributed by atoms with Gasteiger partial charge in [0.25, 0.3) is 5.91 Å². The highest BCUT2D eigenvalue weighted by atomic mass is 16.1. The van der Waals surface area contributed by atoms with Crippen molar-refractivity contribution in [3.05, 3.63) is 59.2 Å². The number of benzene rings is 2. The van der Waals surface area contributed by atoms with E-state index >= 15 is 0 Å². The maximum absolute atomic E-state index is 12.6. The Morgan fingerprint density at radius 3 is 2.57 bits per heavy atom. The van der Waals surface area contributed by atoms with E-state index in [0.29, 0.717) is 5.56 Å². The molecule has 0 unspecified atom stereocenters.